The van der Waals surface area contributed by atoms with Gasteiger partial charge in [-0.3, -0.25) is 5.10 Å². The molecule has 0 aromatic carbocycles. The van der Waals surface area contributed by atoms with Crippen LogP contribution in [0.3, 0.4) is 0 Å². The van der Waals surface area contributed by atoms with Crippen LogP contribution in [0.2, 0.25) is 0 Å². The van der Waals surface area contributed by atoms with Gasteiger partial charge in [0.05, 0.1) is 0 Å². The summed E-state index contributed by atoms with van der Waals surface area (Å²) in [5.74, 6) is 0. The van der Waals surface area contributed by atoms with Crippen LogP contribution >= 0.6 is 0 Å². The first-order chi connectivity index (χ1) is 9.53. The maximum atomic E-state index is 12.8. The monoisotopic (exact) mass is 316 g/mol. The summed E-state index contributed by atoms with van der Waals surface area (Å²) in [5, 5.41) is 10.1. The fraction of sp³-hybridized carbons (Fsp3) is 0.786. The molecule has 2 N–H and O–H groups in total. The lowest BCUT2D eigenvalue weighted by Gasteiger charge is -2.34. The largest absolute Gasteiger partial charge is 0.313 e. The summed E-state index contributed by atoms with van der Waals surface area (Å²) in [6.07, 6.45) is 0. The highest BCUT2D eigenvalue weighted by atomic mass is 32.2. The highest BCUT2D eigenvalue weighted by Crippen LogP contribution is 2.28. The minimum absolute atomic E-state index is 0.125. The van der Waals surface area contributed by atoms with Crippen molar-refractivity contribution in [2.24, 2.45) is 5.41 Å². The Morgan fingerprint density at radius 3 is 2.43 bits per heavy atom. The number of nitrogens with one attached hydrogen (secondary N) is 2. The molecular weight excluding hydrogens is 288 g/mol. The van der Waals surface area contributed by atoms with E-state index < -0.39 is 10.0 Å². The van der Waals surface area contributed by atoms with Gasteiger partial charge in [0.1, 0.15) is 0 Å². The fourth-order valence-electron chi connectivity index (χ4n) is 1.99. The molecule has 0 fully saturated rings. The van der Waals surface area contributed by atoms with E-state index in [0.717, 1.165) is 12.2 Å². The quantitative estimate of drug-likeness (QED) is 0.840. The van der Waals surface area contributed by atoms with Crippen LogP contribution in [0.25, 0.3) is 0 Å². The second kappa shape index (κ2) is 6.46. The van der Waals surface area contributed by atoms with Crippen LogP contribution < -0.4 is 5.32 Å². The summed E-state index contributed by atoms with van der Waals surface area (Å²) in [6.45, 7) is 13.1. The zero-order chi connectivity index (χ0) is 16.4. The normalized spacial score (nSPS) is 14.7. The Bertz CT molecular complexity index is 572. The van der Waals surface area contributed by atoms with Gasteiger partial charge in [-0.15, -0.1) is 0 Å². The zero-order valence-corrected chi connectivity index (χ0v) is 14.9. The number of rotatable bonds is 6. The lowest BCUT2D eigenvalue weighted by atomic mass is 9.88. The Labute approximate surface area is 128 Å². The summed E-state index contributed by atoms with van der Waals surface area (Å²) in [4.78, 5) is 0. The first-order valence-corrected chi connectivity index (χ1v) is 8.70. The Hall–Kier alpha value is -0.920. The summed E-state index contributed by atoms with van der Waals surface area (Å²) in [6, 6.07) is -0.133. The number of hydrogen-bond donors (Lipinski definition) is 2. The molecule has 1 heterocycles. The molecule has 6 nitrogen and oxygen atoms in total. The molecule has 1 rings (SSSR count). The minimum atomic E-state index is -3.61. The van der Waals surface area contributed by atoms with Crippen LogP contribution in [-0.4, -0.2) is 42.6 Å². The standard InChI is InChI=1S/C14H28N4O2S/c1-8-15-9-12-10(2)16-17-13(12)21(19,20)18(7)11(3)14(4,5)6/h11,15H,8-9H2,1-7H3,(H,16,17). The van der Waals surface area contributed by atoms with E-state index in [0.29, 0.717) is 12.1 Å². The third-order valence-corrected chi connectivity index (χ3v) is 5.91. The van der Waals surface area contributed by atoms with Crippen molar-refractivity contribution < 1.29 is 8.42 Å². The fourth-order valence-corrected chi connectivity index (χ4v) is 3.69. The van der Waals surface area contributed by atoms with Crippen molar-refractivity contribution in [3.05, 3.63) is 11.3 Å². The van der Waals surface area contributed by atoms with Gasteiger partial charge in [0, 0.05) is 30.9 Å². The number of aryl methyl sites for hydroxylation is 1. The van der Waals surface area contributed by atoms with Crippen molar-refractivity contribution >= 4 is 10.0 Å². The van der Waals surface area contributed by atoms with Gasteiger partial charge in [0.2, 0.25) is 0 Å². The summed E-state index contributed by atoms with van der Waals surface area (Å²) in [7, 11) is -1.99. The highest BCUT2D eigenvalue weighted by molar-refractivity contribution is 7.89. The van der Waals surface area contributed by atoms with Crippen LogP contribution in [0.4, 0.5) is 0 Å². The number of aromatic nitrogens is 2. The molecule has 0 saturated heterocycles. The van der Waals surface area contributed by atoms with E-state index in [1.807, 2.05) is 41.5 Å². The van der Waals surface area contributed by atoms with Gasteiger partial charge in [-0.2, -0.15) is 9.40 Å². The lowest BCUT2D eigenvalue weighted by Crippen LogP contribution is -2.43. The van der Waals surface area contributed by atoms with Gasteiger partial charge in [-0.25, -0.2) is 8.42 Å². The number of sulfonamides is 1. The smallest absolute Gasteiger partial charge is 0.262 e. The molecule has 0 bridgehead atoms. The van der Waals surface area contributed by atoms with Gasteiger partial charge in [0.15, 0.2) is 5.03 Å². The molecule has 7 heteroatoms. The summed E-state index contributed by atoms with van der Waals surface area (Å²) < 4.78 is 27.1. The van der Waals surface area contributed by atoms with Crippen molar-refractivity contribution in [1.82, 2.24) is 19.8 Å². The number of hydrogen-bond acceptors (Lipinski definition) is 4. The Balaban J connectivity index is 3.20. The molecule has 0 saturated carbocycles. The summed E-state index contributed by atoms with van der Waals surface area (Å²) >= 11 is 0. The van der Waals surface area contributed by atoms with Crippen molar-refractivity contribution in [2.45, 2.75) is 59.2 Å². The predicted molar refractivity (Wildman–Crippen MR) is 84.6 cm³/mol. The lowest BCUT2D eigenvalue weighted by molar-refractivity contribution is 0.216. The first-order valence-electron chi connectivity index (χ1n) is 7.26. The average Bonchev–Trinajstić information content (AvgIpc) is 2.75. The van der Waals surface area contributed by atoms with Crippen molar-refractivity contribution in [2.75, 3.05) is 13.6 Å². The third-order valence-electron chi connectivity index (χ3n) is 4.01. The number of nitrogens with zero attached hydrogens (tertiary/aromatic N) is 2. The van der Waals surface area contributed by atoms with Gasteiger partial charge in [0.25, 0.3) is 10.0 Å². The van der Waals surface area contributed by atoms with E-state index in [1.54, 1.807) is 7.05 Å². The molecule has 1 unspecified atom stereocenters. The van der Waals surface area contributed by atoms with E-state index in [9.17, 15) is 8.42 Å². The van der Waals surface area contributed by atoms with Gasteiger partial charge < -0.3 is 5.32 Å². The zero-order valence-electron chi connectivity index (χ0n) is 14.1. The summed E-state index contributed by atoms with van der Waals surface area (Å²) in [5.41, 5.74) is 1.35. The minimum Gasteiger partial charge on any atom is -0.313 e. The molecule has 1 aromatic rings. The van der Waals surface area contributed by atoms with E-state index in [1.165, 1.54) is 4.31 Å². The van der Waals surface area contributed by atoms with E-state index in [-0.39, 0.29) is 16.5 Å². The average molecular weight is 316 g/mol. The van der Waals surface area contributed by atoms with Crippen LogP contribution in [0.1, 0.15) is 45.9 Å². The molecule has 0 spiro atoms. The van der Waals surface area contributed by atoms with Gasteiger partial charge in [-0.05, 0) is 25.8 Å². The maximum absolute atomic E-state index is 12.8. The number of H-pyrrole nitrogens is 1. The first kappa shape index (κ1) is 18.1. The molecule has 122 valence electrons. The second-order valence-electron chi connectivity index (χ2n) is 6.48. The Kier molecular flexibility index (Phi) is 5.57. The molecule has 0 amide bonds. The van der Waals surface area contributed by atoms with Crippen molar-refractivity contribution in [3.8, 4) is 0 Å². The molecule has 1 aromatic heterocycles. The second-order valence-corrected chi connectivity index (χ2v) is 8.39. The molecule has 1 atom stereocenters. The van der Waals surface area contributed by atoms with Crippen LogP contribution in [0.5, 0.6) is 0 Å². The predicted octanol–water partition coefficient (Wildman–Crippen LogP) is 1.88. The van der Waals surface area contributed by atoms with E-state index in [4.69, 9.17) is 0 Å². The van der Waals surface area contributed by atoms with Crippen LogP contribution in [-0.2, 0) is 16.6 Å². The van der Waals surface area contributed by atoms with Crippen LogP contribution in [0, 0.1) is 12.3 Å². The SMILES string of the molecule is CCNCc1c(S(=O)(=O)N(C)C(C)C(C)(C)C)n[nH]c1C. The number of aromatic amines is 1. The van der Waals surface area contributed by atoms with Gasteiger partial charge >= 0.3 is 0 Å². The molecule has 0 aliphatic rings. The van der Waals surface area contributed by atoms with E-state index >= 15 is 0 Å². The van der Waals surface area contributed by atoms with Crippen LogP contribution in [0.15, 0.2) is 5.03 Å². The molecule has 0 radical (unpaired) electrons. The highest BCUT2D eigenvalue weighted by Gasteiger charge is 2.35. The third kappa shape index (κ3) is 3.84. The molecule has 0 aliphatic carbocycles. The Morgan fingerprint density at radius 2 is 1.95 bits per heavy atom. The Morgan fingerprint density at radius 1 is 1.38 bits per heavy atom. The molecule has 21 heavy (non-hydrogen) atoms. The van der Waals surface area contributed by atoms with Crippen molar-refractivity contribution in [3.63, 3.8) is 0 Å². The van der Waals surface area contributed by atoms with E-state index in [2.05, 4.69) is 15.5 Å². The van der Waals surface area contributed by atoms with Crippen molar-refractivity contribution in [1.29, 1.82) is 0 Å². The molecular formula is C14H28N4O2S. The topological polar surface area (TPSA) is 78.1 Å². The molecule has 0 aliphatic heterocycles. The van der Waals surface area contributed by atoms with Gasteiger partial charge in [-0.1, -0.05) is 27.7 Å². The maximum Gasteiger partial charge on any atom is 0.262 e.